The summed E-state index contributed by atoms with van der Waals surface area (Å²) in [5.74, 6) is -1.45. The van der Waals surface area contributed by atoms with Gasteiger partial charge in [-0.2, -0.15) is 0 Å². The van der Waals surface area contributed by atoms with Crippen LogP contribution in [0.3, 0.4) is 0 Å². The van der Waals surface area contributed by atoms with Gasteiger partial charge in [0.1, 0.15) is 6.04 Å². The highest BCUT2D eigenvalue weighted by Gasteiger charge is 2.24. The van der Waals surface area contributed by atoms with Crippen LogP contribution in [0.4, 0.5) is 4.79 Å². The highest BCUT2D eigenvalue weighted by atomic mass is 16.4. The molecule has 0 bridgehead atoms. The lowest BCUT2D eigenvalue weighted by Gasteiger charge is -2.23. The molecule has 7 nitrogen and oxygen atoms in total. The lowest BCUT2D eigenvalue weighted by molar-refractivity contribution is -0.140. The second-order valence-corrected chi connectivity index (χ2v) is 4.35. The Morgan fingerprint density at radius 1 is 1.28 bits per heavy atom. The molecule has 0 radical (unpaired) electrons. The van der Waals surface area contributed by atoms with Crippen molar-refractivity contribution < 1.29 is 19.5 Å². The number of hydrogen-bond acceptors (Lipinski definition) is 3. The average Bonchev–Trinajstić information content (AvgIpc) is 2.30. The zero-order chi connectivity index (χ0) is 14.3. The van der Waals surface area contributed by atoms with Crippen molar-refractivity contribution in [1.82, 2.24) is 15.5 Å². The summed E-state index contributed by atoms with van der Waals surface area (Å²) in [5.41, 5.74) is 0. The highest BCUT2D eigenvalue weighted by Crippen LogP contribution is 2.02. The molecular formula is C11H21N3O4. The predicted octanol–water partition coefficient (Wildman–Crippen LogP) is -0.127. The third-order valence-electron chi connectivity index (χ3n) is 2.51. The summed E-state index contributed by atoms with van der Waals surface area (Å²) >= 11 is 0. The van der Waals surface area contributed by atoms with E-state index in [1.165, 1.54) is 19.0 Å². The Balaban J connectivity index is 4.29. The molecule has 0 aliphatic heterocycles. The Labute approximate surface area is 107 Å². The molecule has 0 heterocycles. The van der Waals surface area contributed by atoms with E-state index in [-0.39, 0.29) is 24.8 Å². The summed E-state index contributed by atoms with van der Waals surface area (Å²) < 4.78 is 0. The summed E-state index contributed by atoms with van der Waals surface area (Å²) in [7, 11) is 3.03. The smallest absolute Gasteiger partial charge is 0.326 e. The lowest BCUT2D eigenvalue weighted by Crippen LogP contribution is -2.49. The summed E-state index contributed by atoms with van der Waals surface area (Å²) in [6.45, 7) is 3.66. The summed E-state index contributed by atoms with van der Waals surface area (Å²) in [6, 6.07) is -1.43. The van der Waals surface area contributed by atoms with E-state index in [0.29, 0.717) is 0 Å². The molecule has 0 aliphatic carbocycles. The maximum atomic E-state index is 11.7. The standard InChI is InChI=1S/C11H21N3O4/c1-7(2)9(10(16)17)13-11(18)14(4)6-5-8(15)12-3/h7,9H,5-6H2,1-4H3,(H,12,15)(H,13,18)(H,16,17). The molecule has 0 saturated carbocycles. The van der Waals surface area contributed by atoms with Gasteiger partial charge in [0.2, 0.25) is 5.91 Å². The van der Waals surface area contributed by atoms with Gasteiger partial charge >= 0.3 is 12.0 Å². The molecule has 0 aliphatic rings. The zero-order valence-electron chi connectivity index (χ0n) is 11.2. The molecule has 18 heavy (non-hydrogen) atoms. The van der Waals surface area contributed by atoms with Crippen molar-refractivity contribution in [2.45, 2.75) is 26.3 Å². The maximum absolute atomic E-state index is 11.7. The van der Waals surface area contributed by atoms with Gasteiger partial charge in [0.25, 0.3) is 0 Å². The number of carboxylic acids is 1. The normalized spacial score (nSPS) is 11.8. The van der Waals surface area contributed by atoms with Crippen molar-refractivity contribution >= 4 is 17.9 Å². The first-order valence-electron chi connectivity index (χ1n) is 5.74. The number of hydrogen-bond donors (Lipinski definition) is 3. The van der Waals surface area contributed by atoms with Crippen LogP contribution < -0.4 is 10.6 Å². The molecule has 0 spiro atoms. The summed E-state index contributed by atoms with van der Waals surface area (Å²) in [5, 5.41) is 13.8. The minimum Gasteiger partial charge on any atom is -0.480 e. The fraction of sp³-hybridized carbons (Fsp3) is 0.727. The third-order valence-corrected chi connectivity index (χ3v) is 2.51. The number of amides is 3. The predicted molar refractivity (Wildman–Crippen MR) is 66.1 cm³/mol. The van der Waals surface area contributed by atoms with Gasteiger partial charge in [-0.15, -0.1) is 0 Å². The first-order valence-corrected chi connectivity index (χ1v) is 5.74. The van der Waals surface area contributed by atoms with E-state index in [0.717, 1.165) is 0 Å². The van der Waals surface area contributed by atoms with Crippen LogP contribution in [0.2, 0.25) is 0 Å². The number of nitrogens with zero attached hydrogens (tertiary/aromatic N) is 1. The van der Waals surface area contributed by atoms with Gasteiger partial charge in [-0.3, -0.25) is 4.79 Å². The first-order chi connectivity index (χ1) is 8.29. The van der Waals surface area contributed by atoms with Crippen molar-refractivity contribution in [3.63, 3.8) is 0 Å². The lowest BCUT2D eigenvalue weighted by atomic mass is 10.1. The number of urea groups is 1. The van der Waals surface area contributed by atoms with Crippen LogP contribution in [0, 0.1) is 5.92 Å². The van der Waals surface area contributed by atoms with Gasteiger partial charge in [0.15, 0.2) is 0 Å². The molecule has 3 N–H and O–H groups in total. The topological polar surface area (TPSA) is 98.7 Å². The molecule has 104 valence electrons. The minimum absolute atomic E-state index is 0.173. The molecule has 0 fully saturated rings. The molecule has 0 aromatic carbocycles. The van der Waals surface area contributed by atoms with E-state index >= 15 is 0 Å². The van der Waals surface area contributed by atoms with Crippen molar-refractivity contribution in [1.29, 1.82) is 0 Å². The van der Waals surface area contributed by atoms with E-state index in [9.17, 15) is 14.4 Å². The number of carboxylic acid groups (broad SMARTS) is 1. The Morgan fingerprint density at radius 3 is 2.22 bits per heavy atom. The number of nitrogens with one attached hydrogen (secondary N) is 2. The van der Waals surface area contributed by atoms with Gasteiger partial charge in [-0.25, -0.2) is 9.59 Å². The maximum Gasteiger partial charge on any atom is 0.326 e. The number of aliphatic carboxylic acids is 1. The average molecular weight is 259 g/mol. The molecule has 0 rings (SSSR count). The van der Waals surface area contributed by atoms with Crippen LogP contribution in [-0.4, -0.2) is 54.6 Å². The molecule has 7 heteroatoms. The fourth-order valence-corrected chi connectivity index (χ4v) is 1.25. The van der Waals surface area contributed by atoms with E-state index in [1.54, 1.807) is 13.8 Å². The van der Waals surface area contributed by atoms with Gasteiger partial charge < -0.3 is 20.6 Å². The number of carbonyl (C=O) groups excluding carboxylic acids is 2. The molecule has 1 atom stereocenters. The van der Waals surface area contributed by atoms with Crippen LogP contribution in [-0.2, 0) is 9.59 Å². The Hall–Kier alpha value is -1.79. The number of carbonyl (C=O) groups is 3. The SMILES string of the molecule is CNC(=O)CCN(C)C(=O)NC(C(=O)O)C(C)C. The second-order valence-electron chi connectivity index (χ2n) is 4.35. The molecule has 0 saturated heterocycles. The van der Waals surface area contributed by atoms with Crippen LogP contribution in [0.5, 0.6) is 0 Å². The van der Waals surface area contributed by atoms with Gasteiger partial charge in [0, 0.05) is 27.1 Å². The third kappa shape index (κ3) is 5.51. The Bertz CT molecular complexity index is 317. The summed E-state index contributed by atoms with van der Waals surface area (Å²) in [4.78, 5) is 34.9. The van der Waals surface area contributed by atoms with Crippen molar-refractivity contribution in [3.05, 3.63) is 0 Å². The molecule has 1 unspecified atom stereocenters. The molecular weight excluding hydrogens is 238 g/mol. The van der Waals surface area contributed by atoms with Crippen molar-refractivity contribution in [2.75, 3.05) is 20.6 Å². The van der Waals surface area contributed by atoms with Crippen LogP contribution in [0.1, 0.15) is 20.3 Å². The fourth-order valence-electron chi connectivity index (χ4n) is 1.25. The van der Waals surface area contributed by atoms with Crippen LogP contribution >= 0.6 is 0 Å². The number of rotatable bonds is 6. The van der Waals surface area contributed by atoms with Crippen LogP contribution in [0.15, 0.2) is 0 Å². The van der Waals surface area contributed by atoms with E-state index in [2.05, 4.69) is 10.6 Å². The van der Waals surface area contributed by atoms with Gasteiger partial charge in [0.05, 0.1) is 0 Å². The monoisotopic (exact) mass is 259 g/mol. The van der Waals surface area contributed by atoms with Crippen molar-refractivity contribution in [3.8, 4) is 0 Å². The van der Waals surface area contributed by atoms with E-state index in [4.69, 9.17) is 5.11 Å². The quantitative estimate of drug-likeness (QED) is 0.619. The summed E-state index contributed by atoms with van der Waals surface area (Å²) in [6.07, 6.45) is 0.180. The van der Waals surface area contributed by atoms with Gasteiger partial charge in [-0.1, -0.05) is 13.8 Å². The molecule has 3 amide bonds. The Kier molecular flexibility index (Phi) is 6.77. The second kappa shape index (κ2) is 7.52. The van der Waals surface area contributed by atoms with E-state index in [1.807, 2.05) is 0 Å². The van der Waals surface area contributed by atoms with E-state index < -0.39 is 18.0 Å². The highest BCUT2D eigenvalue weighted by molar-refractivity contribution is 5.83. The van der Waals surface area contributed by atoms with Crippen molar-refractivity contribution in [2.24, 2.45) is 5.92 Å². The van der Waals surface area contributed by atoms with Gasteiger partial charge in [-0.05, 0) is 5.92 Å². The zero-order valence-corrected chi connectivity index (χ0v) is 11.2. The largest absolute Gasteiger partial charge is 0.480 e. The van der Waals surface area contributed by atoms with Crippen LogP contribution in [0.25, 0.3) is 0 Å². The molecule has 0 aromatic heterocycles. The minimum atomic E-state index is -1.07. The first kappa shape index (κ1) is 16.2. The Morgan fingerprint density at radius 2 is 1.83 bits per heavy atom. The molecule has 0 aromatic rings.